The van der Waals surface area contributed by atoms with Gasteiger partial charge in [-0.05, 0) is 43.2 Å². The van der Waals surface area contributed by atoms with E-state index in [0.29, 0.717) is 28.5 Å². The molecule has 0 bridgehead atoms. The Hall–Kier alpha value is -3.19. The maximum absolute atomic E-state index is 13.6. The number of benzene rings is 2. The minimum absolute atomic E-state index is 0.132. The van der Waals surface area contributed by atoms with Gasteiger partial charge in [0.25, 0.3) is 5.56 Å². The Morgan fingerprint density at radius 3 is 2.39 bits per heavy atom. The molecular formula is C26H30N4O3. The van der Waals surface area contributed by atoms with Gasteiger partial charge >= 0.3 is 5.97 Å². The van der Waals surface area contributed by atoms with Gasteiger partial charge in [-0.2, -0.15) is 0 Å². The van der Waals surface area contributed by atoms with Gasteiger partial charge in [0.15, 0.2) is 0 Å². The van der Waals surface area contributed by atoms with E-state index in [2.05, 4.69) is 9.80 Å². The molecule has 1 saturated heterocycles. The Morgan fingerprint density at radius 1 is 0.970 bits per heavy atom. The molecule has 2 aliphatic rings. The molecule has 33 heavy (non-hydrogen) atoms. The number of fused-ring (bicyclic) bond motifs is 1. The first-order chi connectivity index (χ1) is 16.2. The van der Waals surface area contributed by atoms with Crippen LogP contribution in [0.5, 0.6) is 0 Å². The highest BCUT2D eigenvalue weighted by molar-refractivity contribution is 5.94. The highest BCUT2D eigenvalue weighted by Gasteiger charge is 2.27. The lowest BCUT2D eigenvalue weighted by molar-refractivity contribution is 0.0601. The van der Waals surface area contributed by atoms with Crippen LogP contribution in [0.2, 0.25) is 0 Å². The van der Waals surface area contributed by atoms with Crippen LogP contribution in [0, 0.1) is 0 Å². The summed E-state index contributed by atoms with van der Waals surface area (Å²) in [5, 5.41) is 0.482. The van der Waals surface area contributed by atoms with E-state index in [1.807, 2.05) is 30.3 Å². The van der Waals surface area contributed by atoms with Crippen LogP contribution in [-0.2, 0) is 4.74 Å². The van der Waals surface area contributed by atoms with Gasteiger partial charge in [0.05, 0.1) is 29.3 Å². The van der Waals surface area contributed by atoms with Crippen molar-refractivity contribution in [3.8, 4) is 5.69 Å². The molecule has 2 fully saturated rings. The zero-order chi connectivity index (χ0) is 22.8. The molecule has 1 saturated carbocycles. The lowest BCUT2D eigenvalue weighted by atomic mass is 9.94. The maximum atomic E-state index is 13.6. The minimum Gasteiger partial charge on any atom is -0.465 e. The van der Waals surface area contributed by atoms with Gasteiger partial charge in [-0.1, -0.05) is 37.5 Å². The number of hydrogen-bond acceptors (Lipinski definition) is 6. The van der Waals surface area contributed by atoms with Gasteiger partial charge in [-0.3, -0.25) is 9.69 Å². The van der Waals surface area contributed by atoms with E-state index in [4.69, 9.17) is 9.72 Å². The predicted octanol–water partition coefficient (Wildman–Crippen LogP) is 3.63. The lowest BCUT2D eigenvalue weighted by Crippen LogP contribution is -2.52. The Kier molecular flexibility index (Phi) is 6.13. The second-order valence-electron chi connectivity index (χ2n) is 8.93. The number of piperazine rings is 1. The first kappa shape index (κ1) is 21.6. The monoisotopic (exact) mass is 446 g/mol. The minimum atomic E-state index is -0.436. The summed E-state index contributed by atoms with van der Waals surface area (Å²) < 4.78 is 6.56. The number of ether oxygens (including phenoxy) is 1. The van der Waals surface area contributed by atoms with Gasteiger partial charge in [0.2, 0.25) is 5.95 Å². The molecule has 0 atom stereocenters. The number of esters is 1. The molecule has 1 aliphatic carbocycles. The number of rotatable bonds is 4. The first-order valence-electron chi connectivity index (χ1n) is 11.9. The van der Waals surface area contributed by atoms with Crippen molar-refractivity contribution in [1.29, 1.82) is 0 Å². The molecule has 0 radical (unpaired) electrons. The molecule has 2 heterocycles. The SMILES string of the molecule is COC(=O)c1ccc2c(=O)n(-c3ccccc3)c(N3CCN(C4CCCCC4)CC3)nc2c1. The first-order valence-corrected chi connectivity index (χ1v) is 11.9. The van der Waals surface area contributed by atoms with E-state index in [1.165, 1.54) is 39.2 Å². The molecule has 2 aromatic carbocycles. The Morgan fingerprint density at radius 2 is 1.70 bits per heavy atom. The van der Waals surface area contributed by atoms with E-state index < -0.39 is 5.97 Å². The van der Waals surface area contributed by atoms with E-state index in [9.17, 15) is 9.59 Å². The van der Waals surface area contributed by atoms with E-state index in [0.717, 1.165) is 31.9 Å². The molecule has 3 aromatic rings. The van der Waals surface area contributed by atoms with Crippen molar-refractivity contribution in [2.24, 2.45) is 0 Å². The largest absolute Gasteiger partial charge is 0.465 e. The van der Waals surface area contributed by atoms with Crippen molar-refractivity contribution in [2.75, 3.05) is 38.2 Å². The van der Waals surface area contributed by atoms with E-state index in [1.54, 1.807) is 22.8 Å². The second-order valence-corrected chi connectivity index (χ2v) is 8.93. The summed E-state index contributed by atoms with van der Waals surface area (Å²) in [7, 11) is 1.35. The average Bonchev–Trinajstić information content (AvgIpc) is 2.89. The van der Waals surface area contributed by atoms with Crippen molar-refractivity contribution >= 4 is 22.8 Å². The Balaban J connectivity index is 1.54. The molecule has 0 spiro atoms. The Labute approximate surface area is 193 Å². The van der Waals surface area contributed by atoms with Crippen LogP contribution < -0.4 is 10.5 Å². The molecule has 172 valence electrons. The van der Waals surface area contributed by atoms with Gasteiger partial charge in [0.1, 0.15) is 0 Å². The number of anilines is 1. The van der Waals surface area contributed by atoms with Gasteiger partial charge in [-0.15, -0.1) is 0 Å². The van der Waals surface area contributed by atoms with E-state index >= 15 is 0 Å². The van der Waals surface area contributed by atoms with Crippen molar-refractivity contribution in [1.82, 2.24) is 14.5 Å². The summed E-state index contributed by atoms with van der Waals surface area (Å²) in [6.07, 6.45) is 6.59. The molecule has 1 aromatic heterocycles. The topological polar surface area (TPSA) is 67.7 Å². The van der Waals surface area contributed by atoms with Crippen LogP contribution in [-0.4, -0.2) is 59.8 Å². The normalized spacial score (nSPS) is 17.9. The number of aromatic nitrogens is 2. The fraction of sp³-hybridized carbons (Fsp3) is 0.423. The third-order valence-electron chi connectivity index (χ3n) is 6.98. The third-order valence-corrected chi connectivity index (χ3v) is 6.98. The number of carbonyl (C=O) groups is 1. The van der Waals surface area contributed by atoms with Crippen LogP contribution in [0.3, 0.4) is 0 Å². The lowest BCUT2D eigenvalue weighted by Gasteiger charge is -2.41. The zero-order valence-electron chi connectivity index (χ0n) is 19.1. The van der Waals surface area contributed by atoms with Crippen LogP contribution in [0.15, 0.2) is 53.3 Å². The molecule has 5 rings (SSSR count). The number of carbonyl (C=O) groups excluding carboxylic acids is 1. The zero-order valence-corrected chi connectivity index (χ0v) is 19.1. The summed E-state index contributed by atoms with van der Waals surface area (Å²) in [5.41, 5.74) is 1.56. The summed E-state index contributed by atoms with van der Waals surface area (Å²) in [5.74, 6) is 0.192. The molecular weight excluding hydrogens is 416 g/mol. The Bertz CT molecular complexity index is 1190. The number of para-hydroxylation sites is 1. The van der Waals surface area contributed by atoms with Crippen molar-refractivity contribution < 1.29 is 9.53 Å². The number of hydrogen-bond donors (Lipinski definition) is 0. The molecule has 7 nitrogen and oxygen atoms in total. The standard InChI is InChI=1S/C26H30N4O3/c1-33-25(32)19-12-13-22-23(18-19)27-26(30(24(22)31)21-10-6-3-7-11-21)29-16-14-28(15-17-29)20-8-4-2-5-9-20/h3,6-7,10-13,18,20H,2,4-5,8-9,14-17H2,1H3. The molecule has 0 amide bonds. The number of methoxy groups -OCH3 is 1. The van der Waals surface area contributed by atoms with Crippen LogP contribution >= 0.6 is 0 Å². The van der Waals surface area contributed by atoms with Crippen LogP contribution in [0.1, 0.15) is 42.5 Å². The highest BCUT2D eigenvalue weighted by Crippen LogP contribution is 2.26. The second kappa shape index (κ2) is 9.35. The van der Waals surface area contributed by atoms with Gasteiger partial charge in [0, 0.05) is 32.2 Å². The maximum Gasteiger partial charge on any atom is 0.337 e. The number of nitrogens with zero attached hydrogens (tertiary/aromatic N) is 4. The fourth-order valence-electron chi connectivity index (χ4n) is 5.17. The van der Waals surface area contributed by atoms with Crippen LogP contribution in [0.25, 0.3) is 16.6 Å². The van der Waals surface area contributed by atoms with Crippen LogP contribution in [0.4, 0.5) is 5.95 Å². The highest BCUT2D eigenvalue weighted by atomic mass is 16.5. The fourth-order valence-corrected chi connectivity index (χ4v) is 5.17. The predicted molar refractivity (Wildman–Crippen MR) is 129 cm³/mol. The smallest absolute Gasteiger partial charge is 0.337 e. The average molecular weight is 447 g/mol. The van der Waals surface area contributed by atoms with Gasteiger partial charge < -0.3 is 9.64 Å². The molecule has 0 unspecified atom stereocenters. The van der Waals surface area contributed by atoms with Crippen molar-refractivity contribution in [2.45, 2.75) is 38.1 Å². The summed E-state index contributed by atoms with van der Waals surface area (Å²) in [4.78, 5) is 35.4. The van der Waals surface area contributed by atoms with Crippen molar-refractivity contribution in [3.05, 3.63) is 64.4 Å². The van der Waals surface area contributed by atoms with Gasteiger partial charge in [-0.25, -0.2) is 14.3 Å². The molecule has 0 N–H and O–H groups in total. The summed E-state index contributed by atoms with van der Waals surface area (Å²) in [6, 6.07) is 15.3. The van der Waals surface area contributed by atoms with Crippen molar-refractivity contribution in [3.63, 3.8) is 0 Å². The summed E-state index contributed by atoms with van der Waals surface area (Å²) >= 11 is 0. The molecule has 1 aliphatic heterocycles. The van der Waals surface area contributed by atoms with E-state index in [-0.39, 0.29) is 5.56 Å². The third kappa shape index (κ3) is 4.25. The quantitative estimate of drug-likeness (QED) is 0.570. The molecule has 7 heteroatoms. The summed E-state index contributed by atoms with van der Waals surface area (Å²) in [6.45, 7) is 3.57.